The van der Waals surface area contributed by atoms with Gasteiger partial charge in [-0.05, 0) is 36.0 Å². The fraction of sp³-hybridized carbons (Fsp3) is 0.583. The molecular weight excluding hydrogens is 190 g/mol. The maximum absolute atomic E-state index is 4.30. The van der Waals surface area contributed by atoms with Crippen LogP contribution in [0.5, 0.6) is 0 Å². The number of nitrogens with zero attached hydrogens (tertiary/aromatic N) is 1. The van der Waals surface area contributed by atoms with Crippen molar-refractivity contribution in [2.24, 2.45) is 5.92 Å². The molecule has 0 aliphatic carbocycles. The molecule has 0 aliphatic heterocycles. The molecule has 0 fully saturated rings. The van der Waals surface area contributed by atoms with Gasteiger partial charge in [0.1, 0.15) is 0 Å². The first-order valence-electron chi connectivity index (χ1n) is 5.15. The smallest absolute Gasteiger partial charge is 0.0307 e. The molecular formula is C12H21NS. The van der Waals surface area contributed by atoms with E-state index in [0.717, 1.165) is 12.3 Å². The summed E-state index contributed by atoms with van der Waals surface area (Å²) in [5.41, 5.74) is 2.79. The summed E-state index contributed by atoms with van der Waals surface area (Å²) >= 11 is 0. The van der Waals surface area contributed by atoms with Gasteiger partial charge in [0.2, 0.25) is 0 Å². The van der Waals surface area contributed by atoms with Gasteiger partial charge in [-0.2, -0.15) is 0 Å². The predicted octanol–water partition coefficient (Wildman–Crippen LogP) is 3.04. The van der Waals surface area contributed by atoms with Gasteiger partial charge < -0.3 is 0 Å². The molecule has 0 spiro atoms. The van der Waals surface area contributed by atoms with Gasteiger partial charge >= 0.3 is 0 Å². The Morgan fingerprint density at radius 1 is 1.21 bits per heavy atom. The molecule has 0 atom stereocenters. The van der Waals surface area contributed by atoms with Crippen LogP contribution in [0.2, 0.25) is 0 Å². The van der Waals surface area contributed by atoms with E-state index in [1.165, 1.54) is 16.9 Å². The largest absolute Gasteiger partial charge is 0.264 e. The predicted molar refractivity (Wildman–Crippen MR) is 67.3 cm³/mol. The summed E-state index contributed by atoms with van der Waals surface area (Å²) in [6, 6.07) is 2.31. The Labute approximate surface area is 90.3 Å². The Hall–Kier alpha value is -0.500. The lowest BCUT2D eigenvalue weighted by Crippen LogP contribution is -1.96. The van der Waals surface area contributed by atoms with Gasteiger partial charge in [0.05, 0.1) is 0 Å². The van der Waals surface area contributed by atoms with Gasteiger partial charge in [-0.25, -0.2) is 0 Å². The second-order valence-corrected chi connectivity index (χ2v) is 7.01. The molecule has 0 saturated heterocycles. The molecule has 0 unspecified atom stereocenters. The van der Waals surface area contributed by atoms with Crippen LogP contribution in [-0.4, -0.2) is 17.5 Å². The monoisotopic (exact) mass is 211 g/mol. The quantitative estimate of drug-likeness (QED) is 0.755. The van der Waals surface area contributed by atoms with Crippen molar-refractivity contribution in [3.63, 3.8) is 0 Å². The third kappa shape index (κ3) is 4.14. The van der Waals surface area contributed by atoms with E-state index in [1.807, 2.05) is 12.4 Å². The number of hydrogen-bond acceptors (Lipinski definition) is 1. The first-order valence-corrected chi connectivity index (χ1v) is 7.57. The summed E-state index contributed by atoms with van der Waals surface area (Å²) in [7, 11) is 0.151. The Balaban J connectivity index is 2.68. The topological polar surface area (TPSA) is 12.9 Å². The van der Waals surface area contributed by atoms with Crippen LogP contribution >= 0.6 is 10.9 Å². The summed E-state index contributed by atoms with van der Waals surface area (Å²) < 4.78 is 0. The maximum Gasteiger partial charge on any atom is 0.0307 e. The fourth-order valence-electron chi connectivity index (χ4n) is 1.58. The molecule has 1 aromatic heterocycles. The van der Waals surface area contributed by atoms with Gasteiger partial charge in [0.25, 0.3) is 0 Å². The highest BCUT2D eigenvalue weighted by Crippen LogP contribution is 2.21. The van der Waals surface area contributed by atoms with E-state index in [2.05, 4.69) is 37.4 Å². The minimum atomic E-state index is 0.151. The summed E-state index contributed by atoms with van der Waals surface area (Å²) in [5, 5.41) is 0. The molecule has 0 radical (unpaired) electrons. The number of rotatable bonds is 4. The number of thiol groups is 1. The summed E-state index contributed by atoms with van der Waals surface area (Å²) in [5.74, 6) is 1.92. The standard InChI is InChI=1S/C12H21NS/c1-10(2)5-11-6-12(8-13-7-11)9-14(3)4/h6-8,10,14H,5,9H2,1-4H3. The van der Waals surface area contributed by atoms with Gasteiger partial charge in [0.15, 0.2) is 0 Å². The first kappa shape index (κ1) is 11.6. The van der Waals surface area contributed by atoms with Crippen LogP contribution in [-0.2, 0) is 12.2 Å². The van der Waals surface area contributed by atoms with E-state index in [0.29, 0.717) is 0 Å². The van der Waals surface area contributed by atoms with E-state index in [9.17, 15) is 0 Å². The van der Waals surface area contributed by atoms with Crippen molar-refractivity contribution in [3.8, 4) is 0 Å². The molecule has 14 heavy (non-hydrogen) atoms. The molecule has 0 aromatic carbocycles. The zero-order chi connectivity index (χ0) is 10.6. The second-order valence-electron chi connectivity index (χ2n) is 4.54. The Morgan fingerprint density at radius 2 is 1.86 bits per heavy atom. The van der Waals surface area contributed by atoms with Crippen molar-refractivity contribution in [2.75, 3.05) is 12.5 Å². The van der Waals surface area contributed by atoms with Crippen LogP contribution in [0.4, 0.5) is 0 Å². The lowest BCUT2D eigenvalue weighted by molar-refractivity contribution is 0.645. The van der Waals surface area contributed by atoms with E-state index in [-0.39, 0.29) is 10.9 Å². The molecule has 2 heteroatoms. The van der Waals surface area contributed by atoms with Crippen LogP contribution in [0.15, 0.2) is 18.5 Å². The molecule has 0 amide bonds. The van der Waals surface area contributed by atoms with Crippen molar-refractivity contribution in [1.29, 1.82) is 0 Å². The SMILES string of the molecule is CC(C)Cc1cncc(C[SH](C)C)c1. The van der Waals surface area contributed by atoms with Crippen LogP contribution in [0.25, 0.3) is 0 Å². The third-order valence-electron chi connectivity index (χ3n) is 1.99. The van der Waals surface area contributed by atoms with Crippen LogP contribution in [0, 0.1) is 5.92 Å². The van der Waals surface area contributed by atoms with Gasteiger partial charge in [-0.15, -0.1) is 0 Å². The van der Waals surface area contributed by atoms with E-state index in [4.69, 9.17) is 0 Å². The average molecular weight is 211 g/mol. The van der Waals surface area contributed by atoms with Crippen molar-refractivity contribution in [1.82, 2.24) is 4.98 Å². The fourth-order valence-corrected chi connectivity index (χ4v) is 2.48. The lowest BCUT2D eigenvalue weighted by Gasteiger charge is -2.10. The average Bonchev–Trinajstić information content (AvgIpc) is 2.01. The summed E-state index contributed by atoms with van der Waals surface area (Å²) in [4.78, 5) is 4.30. The third-order valence-corrected chi connectivity index (χ3v) is 2.99. The zero-order valence-electron chi connectivity index (χ0n) is 9.62. The normalized spacial score (nSPS) is 11.9. The first-order chi connectivity index (χ1) is 6.58. The van der Waals surface area contributed by atoms with Crippen LogP contribution < -0.4 is 0 Å². The molecule has 0 bridgehead atoms. The second kappa shape index (κ2) is 5.40. The van der Waals surface area contributed by atoms with Crippen molar-refractivity contribution in [2.45, 2.75) is 26.0 Å². The van der Waals surface area contributed by atoms with Crippen molar-refractivity contribution in [3.05, 3.63) is 29.6 Å². The Morgan fingerprint density at radius 3 is 2.43 bits per heavy atom. The summed E-state index contributed by atoms with van der Waals surface area (Å²) in [6.45, 7) is 4.50. The van der Waals surface area contributed by atoms with E-state index in [1.54, 1.807) is 0 Å². The van der Waals surface area contributed by atoms with Crippen LogP contribution in [0.1, 0.15) is 25.0 Å². The number of hydrogen-bond donors (Lipinski definition) is 1. The lowest BCUT2D eigenvalue weighted by atomic mass is 10.0. The molecule has 1 aromatic rings. The molecule has 1 rings (SSSR count). The van der Waals surface area contributed by atoms with Gasteiger partial charge in [0, 0.05) is 18.1 Å². The highest BCUT2D eigenvalue weighted by atomic mass is 32.2. The molecule has 0 N–H and O–H groups in total. The van der Waals surface area contributed by atoms with Gasteiger partial charge in [-0.3, -0.25) is 15.9 Å². The van der Waals surface area contributed by atoms with Crippen molar-refractivity contribution < 1.29 is 0 Å². The molecule has 0 aliphatic rings. The number of aromatic nitrogens is 1. The highest BCUT2D eigenvalue weighted by Gasteiger charge is 2.00. The van der Waals surface area contributed by atoms with Gasteiger partial charge in [-0.1, -0.05) is 19.9 Å². The van der Waals surface area contributed by atoms with Crippen molar-refractivity contribution >= 4 is 10.9 Å². The molecule has 0 saturated carbocycles. The summed E-state index contributed by atoms with van der Waals surface area (Å²) in [6.07, 6.45) is 9.77. The Bertz CT molecular complexity index is 256. The van der Waals surface area contributed by atoms with E-state index >= 15 is 0 Å². The minimum absolute atomic E-state index is 0.151. The molecule has 1 nitrogen and oxygen atoms in total. The minimum Gasteiger partial charge on any atom is -0.264 e. The van der Waals surface area contributed by atoms with Crippen LogP contribution in [0.3, 0.4) is 0 Å². The Kier molecular flexibility index (Phi) is 4.46. The molecule has 1 heterocycles. The maximum atomic E-state index is 4.30. The highest BCUT2D eigenvalue weighted by molar-refractivity contribution is 8.15. The number of pyridine rings is 1. The molecule has 80 valence electrons. The zero-order valence-corrected chi connectivity index (χ0v) is 10.5. The van der Waals surface area contributed by atoms with E-state index < -0.39 is 0 Å².